The van der Waals surface area contributed by atoms with Crippen molar-refractivity contribution in [3.8, 4) is 5.75 Å². The average molecular weight is 421 g/mol. The fourth-order valence-electron chi connectivity index (χ4n) is 2.92. The van der Waals surface area contributed by atoms with E-state index in [0.717, 1.165) is 24.3 Å². The van der Waals surface area contributed by atoms with E-state index in [1.54, 1.807) is 13.1 Å². The summed E-state index contributed by atoms with van der Waals surface area (Å²) in [7, 11) is 1.55. The van der Waals surface area contributed by atoms with Crippen LogP contribution >= 0.6 is 0 Å². The molecular formula is C19H17F6NO3. The first-order valence-electron chi connectivity index (χ1n) is 8.52. The second-order valence-electron chi connectivity index (χ2n) is 6.44. The van der Waals surface area contributed by atoms with Crippen molar-refractivity contribution >= 4 is 5.69 Å². The number of halogens is 6. The van der Waals surface area contributed by atoms with Crippen molar-refractivity contribution in [1.29, 1.82) is 0 Å². The summed E-state index contributed by atoms with van der Waals surface area (Å²) >= 11 is 0. The number of hydrogen-bond acceptors (Lipinski definition) is 4. The molecule has 2 aromatic carbocycles. The molecule has 0 amide bonds. The highest BCUT2D eigenvalue weighted by Crippen LogP contribution is 2.34. The smallest absolute Gasteiger partial charge is 0.406 e. The molecule has 3 rings (SSSR count). The van der Waals surface area contributed by atoms with E-state index in [-0.39, 0.29) is 6.54 Å². The number of benzene rings is 2. The van der Waals surface area contributed by atoms with Crippen LogP contribution in [0.25, 0.3) is 0 Å². The Morgan fingerprint density at radius 1 is 1.00 bits per heavy atom. The van der Waals surface area contributed by atoms with Gasteiger partial charge in [0, 0.05) is 30.9 Å². The predicted octanol–water partition coefficient (Wildman–Crippen LogP) is 5.29. The minimum Gasteiger partial charge on any atom is -0.406 e. The molecule has 4 nitrogen and oxygen atoms in total. The molecule has 29 heavy (non-hydrogen) atoms. The van der Waals surface area contributed by atoms with Gasteiger partial charge in [0.1, 0.15) is 5.75 Å². The fraction of sp³-hybridized carbons (Fsp3) is 0.368. The van der Waals surface area contributed by atoms with Crippen LogP contribution in [0.2, 0.25) is 0 Å². The van der Waals surface area contributed by atoms with Crippen LogP contribution in [0, 0.1) is 0 Å². The fourth-order valence-corrected chi connectivity index (χ4v) is 2.92. The number of alkyl halides is 6. The molecule has 0 aliphatic carbocycles. The van der Waals surface area contributed by atoms with Gasteiger partial charge in [0.25, 0.3) is 0 Å². The van der Waals surface area contributed by atoms with Gasteiger partial charge in [-0.25, -0.2) is 0 Å². The van der Waals surface area contributed by atoms with E-state index in [2.05, 4.69) is 4.74 Å². The zero-order valence-electron chi connectivity index (χ0n) is 15.2. The van der Waals surface area contributed by atoms with E-state index >= 15 is 0 Å². The van der Waals surface area contributed by atoms with Gasteiger partial charge in [-0.1, -0.05) is 12.1 Å². The molecule has 1 aliphatic rings. The van der Waals surface area contributed by atoms with Crippen molar-refractivity contribution in [2.24, 2.45) is 0 Å². The van der Waals surface area contributed by atoms with Gasteiger partial charge in [-0.3, -0.25) is 0 Å². The molecule has 0 radical (unpaired) electrons. The first-order chi connectivity index (χ1) is 13.5. The zero-order valence-corrected chi connectivity index (χ0v) is 15.2. The Hall–Kier alpha value is -2.46. The van der Waals surface area contributed by atoms with Crippen LogP contribution in [0.3, 0.4) is 0 Å². The van der Waals surface area contributed by atoms with E-state index in [4.69, 9.17) is 9.47 Å². The summed E-state index contributed by atoms with van der Waals surface area (Å²) < 4.78 is 91.4. The Balaban J connectivity index is 1.87. The zero-order chi connectivity index (χ0) is 21.2. The summed E-state index contributed by atoms with van der Waals surface area (Å²) in [5, 5.41) is 0. The highest BCUT2D eigenvalue weighted by molar-refractivity contribution is 5.54. The summed E-state index contributed by atoms with van der Waals surface area (Å²) in [6.45, 7) is 0.625. The highest BCUT2D eigenvalue weighted by atomic mass is 19.4. The maximum absolute atomic E-state index is 12.9. The number of rotatable bonds is 5. The van der Waals surface area contributed by atoms with Gasteiger partial charge in [-0.05, 0) is 29.8 Å². The number of nitrogens with zero attached hydrogens (tertiary/aromatic N) is 1. The van der Waals surface area contributed by atoms with Gasteiger partial charge < -0.3 is 19.1 Å². The SMILES string of the molecule is CN(Cc1cccc(C(F)(F)F)c1)c1cc(OC(F)(F)F)cc(C2OCCO2)c1. The third-order valence-electron chi connectivity index (χ3n) is 4.16. The van der Waals surface area contributed by atoms with Crippen LogP contribution in [0.1, 0.15) is 23.0 Å². The van der Waals surface area contributed by atoms with Crippen LogP contribution in [0.5, 0.6) is 5.75 Å². The topological polar surface area (TPSA) is 30.9 Å². The lowest BCUT2D eigenvalue weighted by Crippen LogP contribution is -2.20. The van der Waals surface area contributed by atoms with Gasteiger partial charge in [0.15, 0.2) is 6.29 Å². The second-order valence-corrected chi connectivity index (χ2v) is 6.44. The third-order valence-corrected chi connectivity index (χ3v) is 4.16. The van der Waals surface area contributed by atoms with E-state index in [0.29, 0.717) is 30.0 Å². The minimum absolute atomic E-state index is 0.0329. The van der Waals surface area contributed by atoms with Gasteiger partial charge in [-0.2, -0.15) is 13.2 Å². The van der Waals surface area contributed by atoms with E-state index < -0.39 is 30.1 Å². The van der Waals surface area contributed by atoms with Crippen molar-refractivity contribution in [1.82, 2.24) is 0 Å². The Morgan fingerprint density at radius 2 is 1.69 bits per heavy atom. The summed E-state index contributed by atoms with van der Waals surface area (Å²) in [4.78, 5) is 1.51. The summed E-state index contributed by atoms with van der Waals surface area (Å²) in [5.74, 6) is -0.472. The monoisotopic (exact) mass is 421 g/mol. The molecule has 2 aromatic rings. The van der Waals surface area contributed by atoms with Crippen LogP contribution in [-0.2, 0) is 22.2 Å². The normalized spacial score (nSPS) is 15.6. The second kappa shape index (κ2) is 8.11. The molecule has 0 aromatic heterocycles. The molecule has 1 aliphatic heterocycles. The van der Waals surface area contributed by atoms with Gasteiger partial charge in [0.05, 0.1) is 18.8 Å². The molecule has 0 saturated carbocycles. The van der Waals surface area contributed by atoms with Crippen molar-refractivity contribution < 1.29 is 40.6 Å². The molecule has 1 heterocycles. The van der Waals surface area contributed by atoms with Gasteiger partial charge in [0.2, 0.25) is 0 Å². The van der Waals surface area contributed by atoms with Crippen LogP contribution in [0.4, 0.5) is 32.0 Å². The van der Waals surface area contributed by atoms with Crippen molar-refractivity contribution in [3.63, 3.8) is 0 Å². The molecule has 0 spiro atoms. The summed E-state index contributed by atoms with van der Waals surface area (Å²) in [5.41, 5.74) is 0.166. The largest absolute Gasteiger partial charge is 0.573 e. The minimum atomic E-state index is -4.90. The number of ether oxygens (including phenoxy) is 3. The Bertz CT molecular complexity index is 847. The van der Waals surface area contributed by atoms with Gasteiger partial charge >= 0.3 is 12.5 Å². The number of anilines is 1. The van der Waals surface area contributed by atoms with Crippen molar-refractivity contribution in [2.45, 2.75) is 25.4 Å². The van der Waals surface area contributed by atoms with E-state index in [1.165, 1.54) is 17.0 Å². The van der Waals surface area contributed by atoms with Crippen LogP contribution in [0.15, 0.2) is 42.5 Å². The van der Waals surface area contributed by atoms with Crippen molar-refractivity contribution in [2.75, 3.05) is 25.2 Å². The molecule has 0 unspecified atom stereocenters. The van der Waals surface area contributed by atoms with E-state index in [1.807, 2.05) is 0 Å². The first-order valence-corrected chi connectivity index (χ1v) is 8.52. The predicted molar refractivity (Wildman–Crippen MR) is 91.3 cm³/mol. The summed E-state index contributed by atoms with van der Waals surface area (Å²) in [6.07, 6.45) is -10.2. The molecule has 0 atom stereocenters. The first kappa shape index (κ1) is 21.3. The Morgan fingerprint density at radius 3 is 2.31 bits per heavy atom. The lowest BCUT2D eigenvalue weighted by molar-refractivity contribution is -0.274. The maximum Gasteiger partial charge on any atom is 0.573 e. The standard InChI is InChI=1S/C19H17F6NO3/c1-26(11-12-3-2-4-14(7-12)18(20,21)22)15-8-13(17-27-5-6-28-17)9-16(10-15)29-19(23,24)25/h2-4,7-10,17H,5-6,11H2,1H3. The molecule has 10 heteroatoms. The third kappa shape index (κ3) is 5.77. The summed E-state index contributed by atoms with van der Waals surface area (Å²) in [6, 6.07) is 8.59. The van der Waals surface area contributed by atoms with Gasteiger partial charge in [-0.15, -0.1) is 13.2 Å². The number of hydrogen-bond donors (Lipinski definition) is 0. The lowest BCUT2D eigenvalue weighted by atomic mass is 10.1. The molecule has 1 saturated heterocycles. The Labute approximate surface area is 162 Å². The van der Waals surface area contributed by atoms with Crippen LogP contribution < -0.4 is 9.64 Å². The quantitative estimate of drug-likeness (QED) is 0.615. The maximum atomic E-state index is 12.9. The van der Waals surface area contributed by atoms with Crippen LogP contribution in [-0.4, -0.2) is 26.6 Å². The Kier molecular flexibility index (Phi) is 5.95. The lowest BCUT2D eigenvalue weighted by Gasteiger charge is -2.23. The molecule has 158 valence electrons. The van der Waals surface area contributed by atoms with Crippen molar-refractivity contribution in [3.05, 3.63) is 59.2 Å². The van der Waals surface area contributed by atoms with E-state index in [9.17, 15) is 26.3 Å². The molecule has 0 bridgehead atoms. The highest BCUT2D eigenvalue weighted by Gasteiger charge is 2.32. The molecule has 0 N–H and O–H groups in total. The average Bonchev–Trinajstić information content (AvgIpc) is 3.14. The molecular weight excluding hydrogens is 404 g/mol. The molecule has 1 fully saturated rings.